The van der Waals surface area contributed by atoms with Crippen LogP contribution in [-0.2, 0) is 19.3 Å². The predicted molar refractivity (Wildman–Crippen MR) is 83.4 cm³/mol. The molecule has 2 heteroatoms. The summed E-state index contributed by atoms with van der Waals surface area (Å²) in [4.78, 5) is 0. The Morgan fingerprint density at radius 2 is 1.58 bits per heavy atom. The van der Waals surface area contributed by atoms with Crippen molar-refractivity contribution in [2.75, 3.05) is 0 Å². The monoisotopic (exact) mass is 318 g/mol. The van der Waals surface area contributed by atoms with Crippen molar-refractivity contribution in [1.82, 2.24) is 0 Å². The molecular formula is C17H19BrO. The second-order valence-corrected chi connectivity index (χ2v) is 5.78. The third-order valence-electron chi connectivity index (χ3n) is 3.26. The van der Waals surface area contributed by atoms with Gasteiger partial charge in [0.1, 0.15) is 0 Å². The van der Waals surface area contributed by atoms with Crippen LogP contribution < -0.4 is 0 Å². The molecule has 2 rings (SSSR count). The maximum Gasteiger partial charge on any atom is 0.0620 e. The fourth-order valence-electron chi connectivity index (χ4n) is 2.19. The highest BCUT2D eigenvalue weighted by atomic mass is 79.9. The van der Waals surface area contributed by atoms with E-state index in [4.69, 9.17) is 0 Å². The SMILES string of the molecule is CCc1ccc(CC(O)Cc2cccc(Br)c2)cc1. The normalized spacial score (nSPS) is 12.4. The largest absolute Gasteiger partial charge is 0.392 e. The number of aryl methyl sites for hydroxylation is 1. The average Bonchev–Trinajstić information content (AvgIpc) is 2.39. The molecule has 19 heavy (non-hydrogen) atoms. The molecular weight excluding hydrogens is 300 g/mol. The number of hydrogen-bond donors (Lipinski definition) is 1. The van der Waals surface area contributed by atoms with Crippen molar-refractivity contribution in [1.29, 1.82) is 0 Å². The first kappa shape index (κ1) is 14.3. The second-order valence-electron chi connectivity index (χ2n) is 4.86. The zero-order chi connectivity index (χ0) is 13.7. The number of hydrogen-bond acceptors (Lipinski definition) is 1. The first-order valence-electron chi connectivity index (χ1n) is 6.67. The van der Waals surface area contributed by atoms with Gasteiger partial charge in [0.25, 0.3) is 0 Å². The van der Waals surface area contributed by atoms with Crippen molar-refractivity contribution >= 4 is 15.9 Å². The number of halogens is 1. The van der Waals surface area contributed by atoms with Gasteiger partial charge in [0.05, 0.1) is 6.10 Å². The van der Waals surface area contributed by atoms with Gasteiger partial charge in [-0.2, -0.15) is 0 Å². The molecule has 2 aromatic rings. The van der Waals surface area contributed by atoms with E-state index in [2.05, 4.69) is 53.2 Å². The Balaban J connectivity index is 1.95. The summed E-state index contributed by atoms with van der Waals surface area (Å²) in [6, 6.07) is 16.6. The van der Waals surface area contributed by atoms with E-state index in [1.54, 1.807) is 0 Å². The van der Waals surface area contributed by atoms with Gasteiger partial charge in [-0.15, -0.1) is 0 Å². The lowest BCUT2D eigenvalue weighted by Crippen LogP contribution is -2.13. The quantitative estimate of drug-likeness (QED) is 0.877. The molecule has 0 aliphatic heterocycles. The highest BCUT2D eigenvalue weighted by molar-refractivity contribution is 9.10. The highest BCUT2D eigenvalue weighted by Gasteiger charge is 2.07. The molecule has 2 aromatic carbocycles. The number of benzene rings is 2. The zero-order valence-corrected chi connectivity index (χ0v) is 12.7. The van der Waals surface area contributed by atoms with Gasteiger partial charge < -0.3 is 5.11 Å². The molecule has 0 spiro atoms. The fraction of sp³-hybridized carbons (Fsp3) is 0.294. The van der Waals surface area contributed by atoms with Crippen molar-refractivity contribution in [3.8, 4) is 0 Å². The summed E-state index contributed by atoms with van der Waals surface area (Å²) in [5, 5.41) is 10.2. The molecule has 0 aliphatic rings. The van der Waals surface area contributed by atoms with Crippen LogP contribution in [0.1, 0.15) is 23.6 Å². The summed E-state index contributed by atoms with van der Waals surface area (Å²) in [6.45, 7) is 2.15. The van der Waals surface area contributed by atoms with Gasteiger partial charge in [-0.3, -0.25) is 0 Å². The van der Waals surface area contributed by atoms with Crippen molar-refractivity contribution in [2.45, 2.75) is 32.3 Å². The third kappa shape index (κ3) is 4.48. The molecule has 100 valence electrons. The highest BCUT2D eigenvalue weighted by Crippen LogP contribution is 2.15. The lowest BCUT2D eigenvalue weighted by molar-refractivity contribution is 0.175. The van der Waals surface area contributed by atoms with E-state index >= 15 is 0 Å². The minimum Gasteiger partial charge on any atom is -0.392 e. The van der Waals surface area contributed by atoms with Gasteiger partial charge in [-0.25, -0.2) is 0 Å². The lowest BCUT2D eigenvalue weighted by Gasteiger charge is -2.11. The van der Waals surface area contributed by atoms with Crippen molar-refractivity contribution in [2.24, 2.45) is 0 Å². The molecule has 1 atom stereocenters. The zero-order valence-electron chi connectivity index (χ0n) is 11.1. The summed E-state index contributed by atoms with van der Waals surface area (Å²) in [5.74, 6) is 0. The van der Waals surface area contributed by atoms with Crippen LogP contribution in [0.15, 0.2) is 53.0 Å². The molecule has 0 amide bonds. The van der Waals surface area contributed by atoms with E-state index in [0.29, 0.717) is 12.8 Å². The Morgan fingerprint density at radius 3 is 2.21 bits per heavy atom. The number of rotatable bonds is 5. The van der Waals surface area contributed by atoms with Crippen molar-refractivity contribution in [3.63, 3.8) is 0 Å². The van der Waals surface area contributed by atoms with Crippen LogP contribution in [0.2, 0.25) is 0 Å². The Labute approximate surface area is 123 Å². The maximum absolute atomic E-state index is 10.2. The van der Waals surface area contributed by atoms with Gasteiger partial charge in [0, 0.05) is 4.47 Å². The van der Waals surface area contributed by atoms with Crippen molar-refractivity contribution < 1.29 is 5.11 Å². The van der Waals surface area contributed by atoms with E-state index < -0.39 is 0 Å². The van der Waals surface area contributed by atoms with Crippen LogP contribution in [0.25, 0.3) is 0 Å². The predicted octanol–water partition coefficient (Wildman–Crippen LogP) is 4.16. The Kier molecular flexibility index (Phi) is 5.17. The van der Waals surface area contributed by atoms with E-state index in [-0.39, 0.29) is 6.10 Å². The van der Waals surface area contributed by atoms with Gasteiger partial charge in [-0.05, 0) is 48.1 Å². The average molecular weight is 319 g/mol. The van der Waals surface area contributed by atoms with E-state index in [9.17, 15) is 5.11 Å². The van der Waals surface area contributed by atoms with Crippen LogP contribution in [0.4, 0.5) is 0 Å². The molecule has 1 unspecified atom stereocenters. The molecule has 0 aliphatic carbocycles. The molecule has 1 nitrogen and oxygen atoms in total. The topological polar surface area (TPSA) is 20.2 Å². The summed E-state index contributed by atoms with van der Waals surface area (Å²) in [6.07, 6.45) is 2.12. The minimum atomic E-state index is -0.332. The van der Waals surface area contributed by atoms with Crippen LogP contribution in [0.3, 0.4) is 0 Å². The summed E-state index contributed by atoms with van der Waals surface area (Å²) in [5.41, 5.74) is 3.69. The van der Waals surface area contributed by atoms with Crippen LogP contribution in [-0.4, -0.2) is 11.2 Å². The minimum absolute atomic E-state index is 0.332. The first-order valence-corrected chi connectivity index (χ1v) is 7.47. The summed E-state index contributed by atoms with van der Waals surface area (Å²) >= 11 is 3.45. The molecule has 0 fully saturated rings. The van der Waals surface area contributed by atoms with Crippen molar-refractivity contribution in [3.05, 3.63) is 69.7 Å². The molecule has 1 N–H and O–H groups in total. The smallest absolute Gasteiger partial charge is 0.0620 e. The summed E-state index contributed by atoms with van der Waals surface area (Å²) in [7, 11) is 0. The van der Waals surface area contributed by atoms with Crippen LogP contribution in [0, 0.1) is 0 Å². The second kappa shape index (κ2) is 6.88. The Morgan fingerprint density at radius 1 is 0.947 bits per heavy atom. The third-order valence-corrected chi connectivity index (χ3v) is 3.76. The van der Waals surface area contributed by atoms with E-state index in [1.165, 1.54) is 11.1 Å². The van der Waals surface area contributed by atoms with E-state index in [1.807, 2.05) is 18.2 Å². The fourth-order valence-corrected chi connectivity index (χ4v) is 2.64. The molecule has 0 aromatic heterocycles. The number of aliphatic hydroxyl groups excluding tert-OH is 1. The maximum atomic E-state index is 10.2. The molecule has 0 radical (unpaired) electrons. The molecule has 0 heterocycles. The van der Waals surface area contributed by atoms with Crippen LogP contribution >= 0.6 is 15.9 Å². The van der Waals surface area contributed by atoms with Gasteiger partial charge in [-0.1, -0.05) is 59.3 Å². The summed E-state index contributed by atoms with van der Waals surface area (Å²) < 4.78 is 1.06. The first-order chi connectivity index (χ1) is 9.17. The molecule has 0 saturated carbocycles. The van der Waals surface area contributed by atoms with Gasteiger partial charge >= 0.3 is 0 Å². The van der Waals surface area contributed by atoms with Gasteiger partial charge in [0.2, 0.25) is 0 Å². The lowest BCUT2D eigenvalue weighted by atomic mass is 10.0. The number of aliphatic hydroxyl groups is 1. The van der Waals surface area contributed by atoms with Gasteiger partial charge in [0.15, 0.2) is 0 Å². The van der Waals surface area contributed by atoms with Crippen LogP contribution in [0.5, 0.6) is 0 Å². The Hall–Kier alpha value is -1.12. The Bertz CT molecular complexity index is 519. The molecule has 0 saturated heterocycles. The van der Waals surface area contributed by atoms with E-state index in [0.717, 1.165) is 16.5 Å². The molecule has 0 bridgehead atoms. The standard InChI is InChI=1S/C17H19BrO/c1-2-13-6-8-14(9-7-13)11-17(19)12-15-4-3-5-16(18)10-15/h3-10,17,19H,2,11-12H2,1H3.